The molecule has 0 aliphatic carbocycles. The molecule has 0 spiro atoms. The zero-order valence-electron chi connectivity index (χ0n) is 8.21. The Hall–Kier alpha value is -2.03. The summed E-state index contributed by atoms with van der Waals surface area (Å²) in [7, 11) is 0. The molecule has 1 aromatic carbocycles. The number of carbonyl (C=O) groups is 1. The number of hydrogen-bond donors (Lipinski definition) is 0. The highest BCUT2D eigenvalue weighted by Gasteiger charge is 2.08. The Morgan fingerprint density at radius 1 is 1.20 bits per heavy atom. The van der Waals surface area contributed by atoms with Crippen LogP contribution in [-0.4, -0.2) is 10.8 Å². The Balaban J connectivity index is 2.12. The number of carbonyl (C=O) groups excluding carboxylic acids is 1. The molecule has 3 heteroatoms. The number of hydrogen-bond acceptors (Lipinski definition) is 2. The Kier molecular flexibility index (Phi) is 2.83. The topological polar surface area (TPSA) is 33.8 Å². The first-order valence-electron chi connectivity index (χ1n) is 4.73. The van der Waals surface area contributed by atoms with Gasteiger partial charge in [-0.1, -0.05) is 35.3 Å². The van der Waals surface area contributed by atoms with Gasteiger partial charge in [0.15, 0.2) is 6.54 Å². The third-order valence-corrected chi connectivity index (χ3v) is 2.09. The lowest BCUT2D eigenvalue weighted by atomic mass is 10.1. The van der Waals surface area contributed by atoms with Crippen molar-refractivity contribution < 1.29 is 9.36 Å². The number of benzene rings is 1. The van der Waals surface area contributed by atoms with Crippen molar-refractivity contribution >= 4 is 5.78 Å². The second kappa shape index (κ2) is 4.46. The molecule has 1 aromatic heterocycles. The van der Waals surface area contributed by atoms with Crippen LogP contribution in [0.2, 0.25) is 0 Å². The predicted octanol–water partition coefficient (Wildman–Crippen LogP) is 1.25. The lowest BCUT2D eigenvalue weighted by molar-refractivity contribution is -0.686. The van der Waals surface area contributed by atoms with Crippen molar-refractivity contribution in [2.45, 2.75) is 6.54 Å². The number of aromatic nitrogens is 2. The van der Waals surface area contributed by atoms with Gasteiger partial charge in [0, 0.05) is 11.6 Å². The molecule has 0 atom stereocenters. The molecule has 3 nitrogen and oxygen atoms in total. The Labute approximate surface area is 88.0 Å². The smallest absolute Gasteiger partial charge is 0.286 e. The molecule has 0 aliphatic heterocycles. The fourth-order valence-corrected chi connectivity index (χ4v) is 1.34. The van der Waals surface area contributed by atoms with Gasteiger partial charge in [0.05, 0.1) is 6.20 Å². The third kappa shape index (κ3) is 2.47. The van der Waals surface area contributed by atoms with E-state index < -0.39 is 0 Å². The lowest BCUT2D eigenvalue weighted by Crippen LogP contribution is -2.37. The van der Waals surface area contributed by atoms with Gasteiger partial charge in [-0.15, -0.1) is 0 Å². The molecule has 2 rings (SSSR count). The molecule has 2 aromatic rings. The number of nitrogens with zero attached hydrogens (tertiary/aromatic N) is 2. The van der Waals surface area contributed by atoms with E-state index >= 15 is 0 Å². The van der Waals surface area contributed by atoms with E-state index in [0.29, 0.717) is 6.54 Å². The number of Topliss-reactive ketones (excluding diaryl/α,β-unsaturated/α-hetero) is 1. The van der Waals surface area contributed by atoms with Gasteiger partial charge in [-0.25, -0.2) is 4.57 Å². The average Bonchev–Trinajstić information content (AvgIpc) is 2.31. The summed E-state index contributed by atoms with van der Waals surface area (Å²) in [6, 6.07) is 11.1. The van der Waals surface area contributed by atoms with Crippen molar-refractivity contribution in [1.29, 1.82) is 0 Å². The molecule has 0 radical (unpaired) electrons. The Morgan fingerprint density at radius 2 is 2.00 bits per heavy atom. The van der Waals surface area contributed by atoms with Crippen LogP contribution in [0.4, 0.5) is 0 Å². The van der Waals surface area contributed by atoms with Crippen molar-refractivity contribution in [3.8, 4) is 0 Å². The van der Waals surface area contributed by atoms with Crippen molar-refractivity contribution in [2.24, 2.45) is 0 Å². The minimum atomic E-state index is 0.0913. The summed E-state index contributed by atoms with van der Waals surface area (Å²) < 4.78 is 1.76. The minimum Gasteiger partial charge on any atom is -0.290 e. The van der Waals surface area contributed by atoms with Crippen LogP contribution in [0.3, 0.4) is 0 Å². The van der Waals surface area contributed by atoms with Crippen LogP contribution in [-0.2, 0) is 6.54 Å². The first kappa shape index (κ1) is 9.52. The van der Waals surface area contributed by atoms with E-state index in [-0.39, 0.29) is 5.78 Å². The fraction of sp³-hybridized carbons (Fsp3) is 0.0833. The molecule has 0 fully saturated rings. The summed E-state index contributed by atoms with van der Waals surface area (Å²) >= 11 is 0. The normalized spacial score (nSPS) is 9.87. The fourth-order valence-electron chi connectivity index (χ4n) is 1.34. The highest BCUT2D eigenvalue weighted by atomic mass is 16.1. The molecule has 15 heavy (non-hydrogen) atoms. The molecule has 74 valence electrons. The average molecular weight is 199 g/mol. The van der Waals surface area contributed by atoms with Crippen LogP contribution >= 0.6 is 0 Å². The second-order valence-electron chi connectivity index (χ2n) is 3.22. The van der Waals surface area contributed by atoms with Crippen molar-refractivity contribution in [1.82, 2.24) is 4.98 Å². The molecular formula is C12H11N2O+. The van der Waals surface area contributed by atoms with Crippen molar-refractivity contribution in [3.05, 3.63) is 60.7 Å². The largest absolute Gasteiger partial charge is 0.290 e. The molecule has 0 N–H and O–H groups in total. The van der Waals surface area contributed by atoms with E-state index in [0.717, 1.165) is 5.56 Å². The zero-order valence-corrected chi connectivity index (χ0v) is 8.21. The van der Waals surface area contributed by atoms with Crippen LogP contribution in [0.1, 0.15) is 10.4 Å². The van der Waals surface area contributed by atoms with Gasteiger partial charge in [-0.05, 0) is 0 Å². The maximum absolute atomic E-state index is 11.8. The van der Waals surface area contributed by atoms with Gasteiger partial charge in [-0.3, -0.25) is 4.79 Å². The zero-order chi connectivity index (χ0) is 10.5. The van der Waals surface area contributed by atoms with Crippen LogP contribution in [0.25, 0.3) is 0 Å². The molecule has 1 heterocycles. The standard InChI is InChI=1S/C12H11N2O/c15-12(11-5-2-1-3-6-11)9-14-8-4-7-13-10-14/h1-8,10H,9H2/q+1. The van der Waals surface area contributed by atoms with Crippen LogP contribution in [0, 0.1) is 0 Å². The van der Waals surface area contributed by atoms with E-state index in [1.54, 1.807) is 23.2 Å². The SMILES string of the molecule is O=C(C[n+]1cccnc1)c1ccccc1. The van der Waals surface area contributed by atoms with Gasteiger partial charge in [-0.2, -0.15) is 0 Å². The van der Waals surface area contributed by atoms with Crippen LogP contribution < -0.4 is 4.57 Å². The van der Waals surface area contributed by atoms with E-state index in [4.69, 9.17) is 0 Å². The summed E-state index contributed by atoms with van der Waals surface area (Å²) in [5.74, 6) is 0.0913. The number of ketones is 1. The Bertz CT molecular complexity index is 440. The third-order valence-electron chi connectivity index (χ3n) is 2.09. The summed E-state index contributed by atoms with van der Waals surface area (Å²) in [5.41, 5.74) is 0.730. The van der Waals surface area contributed by atoms with E-state index in [1.807, 2.05) is 36.5 Å². The molecular weight excluding hydrogens is 188 g/mol. The molecule has 0 saturated carbocycles. The summed E-state index contributed by atoms with van der Waals surface area (Å²) in [5, 5.41) is 0. The Morgan fingerprint density at radius 3 is 2.67 bits per heavy atom. The molecule has 0 bridgehead atoms. The summed E-state index contributed by atoms with van der Waals surface area (Å²) in [6.45, 7) is 0.331. The second-order valence-corrected chi connectivity index (χ2v) is 3.22. The molecule has 0 amide bonds. The minimum absolute atomic E-state index is 0.0913. The molecule has 0 unspecified atom stereocenters. The highest BCUT2D eigenvalue weighted by Crippen LogP contribution is 1.99. The van der Waals surface area contributed by atoms with E-state index in [2.05, 4.69) is 4.98 Å². The predicted molar refractivity (Wildman–Crippen MR) is 55.2 cm³/mol. The number of rotatable bonds is 3. The van der Waals surface area contributed by atoms with Gasteiger partial charge in [0.25, 0.3) is 6.33 Å². The van der Waals surface area contributed by atoms with E-state index in [9.17, 15) is 4.79 Å². The first-order chi connectivity index (χ1) is 7.36. The van der Waals surface area contributed by atoms with Gasteiger partial charge in [0.1, 0.15) is 6.20 Å². The summed E-state index contributed by atoms with van der Waals surface area (Å²) in [6.07, 6.45) is 5.15. The van der Waals surface area contributed by atoms with Crippen molar-refractivity contribution in [3.63, 3.8) is 0 Å². The molecule has 0 saturated heterocycles. The maximum atomic E-state index is 11.8. The quantitative estimate of drug-likeness (QED) is 0.550. The van der Waals surface area contributed by atoms with Crippen LogP contribution in [0.15, 0.2) is 55.1 Å². The monoisotopic (exact) mass is 199 g/mol. The van der Waals surface area contributed by atoms with Gasteiger partial charge in [0.2, 0.25) is 5.78 Å². The van der Waals surface area contributed by atoms with Crippen LogP contribution in [0.5, 0.6) is 0 Å². The maximum Gasteiger partial charge on any atom is 0.286 e. The van der Waals surface area contributed by atoms with Crippen molar-refractivity contribution in [2.75, 3.05) is 0 Å². The van der Waals surface area contributed by atoms with E-state index in [1.165, 1.54) is 0 Å². The first-order valence-corrected chi connectivity index (χ1v) is 4.73. The lowest BCUT2D eigenvalue weighted by Gasteiger charge is -1.98. The van der Waals surface area contributed by atoms with Gasteiger partial charge >= 0.3 is 0 Å². The molecule has 0 aliphatic rings. The highest BCUT2D eigenvalue weighted by molar-refractivity contribution is 5.94. The summed E-state index contributed by atoms with van der Waals surface area (Å²) in [4.78, 5) is 15.7. The van der Waals surface area contributed by atoms with Gasteiger partial charge < -0.3 is 0 Å².